The molecule has 0 amide bonds. The molecule has 2 fully saturated rings. The van der Waals surface area contributed by atoms with Crippen LogP contribution in [0, 0.1) is 6.92 Å². The predicted octanol–water partition coefficient (Wildman–Crippen LogP) is 3.38. The Morgan fingerprint density at radius 1 is 1.00 bits per heavy atom. The van der Waals surface area contributed by atoms with E-state index in [1.165, 1.54) is 12.8 Å². The van der Waals surface area contributed by atoms with Crippen molar-refractivity contribution in [1.29, 1.82) is 0 Å². The first-order valence-corrected chi connectivity index (χ1v) is 10.5. The molecule has 1 aromatic rings. The molecule has 2 saturated carbocycles. The SMILES string of the molecule is Cc1nn(C)cc1S(=O)(=O)N(C1CCCCC1)C1CCCCC1. The highest BCUT2D eigenvalue weighted by Crippen LogP contribution is 2.35. The maximum Gasteiger partial charge on any atom is 0.246 e. The lowest BCUT2D eigenvalue weighted by molar-refractivity contribution is 0.169. The first-order chi connectivity index (χ1) is 11.0. The van der Waals surface area contributed by atoms with Crippen molar-refractivity contribution in [2.45, 2.75) is 88.1 Å². The second-order valence-corrected chi connectivity index (χ2v) is 8.98. The van der Waals surface area contributed by atoms with Gasteiger partial charge >= 0.3 is 0 Å². The van der Waals surface area contributed by atoms with Crippen LogP contribution >= 0.6 is 0 Å². The molecule has 5 nitrogen and oxygen atoms in total. The van der Waals surface area contributed by atoms with Gasteiger partial charge in [0.05, 0.1) is 5.69 Å². The molecule has 1 aromatic heterocycles. The summed E-state index contributed by atoms with van der Waals surface area (Å²) in [6.07, 6.45) is 12.8. The van der Waals surface area contributed by atoms with Crippen LogP contribution in [0.25, 0.3) is 0 Å². The molecule has 2 aliphatic carbocycles. The minimum absolute atomic E-state index is 0.177. The van der Waals surface area contributed by atoms with Crippen LogP contribution in [-0.4, -0.2) is 34.6 Å². The fourth-order valence-electron chi connectivity index (χ4n) is 4.31. The molecule has 130 valence electrons. The summed E-state index contributed by atoms with van der Waals surface area (Å²) in [4.78, 5) is 0.399. The highest BCUT2D eigenvalue weighted by Gasteiger charge is 2.39. The van der Waals surface area contributed by atoms with E-state index in [-0.39, 0.29) is 12.1 Å². The van der Waals surface area contributed by atoms with E-state index in [0.29, 0.717) is 10.6 Å². The third-order valence-electron chi connectivity index (χ3n) is 5.39. The number of hydrogen-bond donors (Lipinski definition) is 0. The first kappa shape index (κ1) is 17.0. The van der Waals surface area contributed by atoms with Crippen molar-refractivity contribution in [2.24, 2.45) is 7.05 Å². The topological polar surface area (TPSA) is 55.2 Å². The zero-order valence-electron chi connectivity index (χ0n) is 14.4. The van der Waals surface area contributed by atoms with Gasteiger partial charge < -0.3 is 0 Å². The Morgan fingerprint density at radius 3 is 1.87 bits per heavy atom. The van der Waals surface area contributed by atoms with Crippen LogP contribution in [0.4, 0.5) is 0 Å². The third kappa shape index (κ3) is 3.48. The molecule has 0 unspecified atom stereocenters. The normalized spacial score (nSPS) is 21.9. The zero-order valence-corrected chi connectivity index (χ0v) is 15.2. The van der Waals surface area contributed by atoms with E-state index in [1.54, 1.807) is 24.9 Å². The van der Waals surface area contributed by atoms with Gasteiger partial charge in [-0.3, -0.25) is 4.68 Å². The highest BCUT2D eigenvalue weighted by atomic mass is 32.2. The van der Waals surface area contributed by atoms with Crippen LogP contribution in [0.1, 0.15) is 69.9 Å². The fourth-order valence-corrected chi connectivity index (χ4v) is 6.44. The summed E-state index contributed by atoms with van der Waals surface area (Å²) in [5.74, 6) is 0. The summed E-state index contributed by atoms with van der Waals surface area (Å²) in [6.45, 7) is 1.80. The molecule has 0 aromatic carbocycles. The molecule has 0 atom stereocenters. The largest absolute Gasteiger partial charge is 0.274 e. The summed E-state index contributed by atoms with van der Waals surface area (Å²) in [5, 5.41) is 4.26. The van der Waals surface area contributed by atoms with E-state index in [2.05, 4.69) is 5.10 Å². The van der Waals surface area contributed by atoms with Gasteiger partial charge in [-0.1, -0.05) is 38.5 Å². The Labute approximate surface area is 140 Å². The van der Waals surface area contributed by atoms with Gasteiger partial charge in [0.1, 0.15) is 4.90 Å². The van der Waals surface area contributed by atoms with Gasteiger partial charge in [0.15, 0.2) is 0 Å². The van der Waals surface area contributed by atoms with Crippen LogP contribution in [0.15, 0.2) is 11.1 Å². The molecule has 0 aliphatic heterocycles. The second-order valence-electron chi connectivity index (χ2n) is 7.17. The maximum absolute atomic E-state index is 13.4. The van der Waals surface area contributed by atoms with Crippen LogP contribution in [0.5, 0.6) is 0 Å². The minimum Gasteiger partial charge on any atom is -0.274 e. The van der Waals surface area contributed by atoms with Gasteiger partial charge in [0.25, 0.3) is 0 Å². The summed E-state index contributed by atoms with van der Waals surface area (Å²) in [6, 6.07) is 0.355. The Kier molecular flexibility index (Phi) is 5.11. The number of nitrogens with zero attached hydrogens (tertiary/aromatic N) is 3. The van der Waals surface area contributed by atoms with Crippen molar-refractivity contribution in [3.63, 3.8) is 0 Å². The molecule has 0 N–H and O–H groups in total. The standard InChI is InChI=1S/C17H29N3O2S/c1-14-17(13-19(2)18-14)23(21,22)20(15-9-5-3-6-10-15)16-11-7-4-8-12-16/h13,15-16H,3-12H2,1-2H3. The van der Waals surface area contributed by atoms with Gasteiger partial charge in [-0.05, 0) is 32.6 Å². The monoisotopic (exact) mass is 339 g/mol. The zero-order chi connectivity index (χ0) is 16.4. The van der Waals surface area contributed by atoms with E-state index in [4.69, 9.17) is 0 Å². The van der Waals surface area contributed by atoms with Gasteiger partial charge in [-0.2, -0.15) is 9.40 Å². The fraction of sp³-hybridized carbons (Fsp3) is 0.824. The van der Waals surface area contributed by atoms with E-state index in [9.17, 15) is 8.42 Å². The summed E-state index contributed by atoms with van der Waals surface area (Å²) < 4.78 is 30.4. The van der Waals surface area contributed by atoms with Gasteiger partial charge in [-0.15, -0.1) is 0 Å². The van der Waals surface area contributed by atoms with Crippen LogP contribution in [0.3, 0.4) is 0 Å². The van der Waals surface area contributed by atoms with E-state index >= 15 is 0 Å². The van der Waals surface area contributed by atoms with Gasteiger partial charge in [-0.25, -0.2) is 8.42 Å². The molecule has 0 bridgehead atoms. The number of sulfonamides is 1. The lowest BCUT2D eigenvalue weighted by atomic mass is 9.91. The van der Waals surface area contributed by atoms with Crippen molar-refractivity contribution >= 4 is 10.0 Å². The number of rotatable bonds is 4. The van der Waals surface area contributed by atoms with Gasteiger partial charge in [0.2, 0.25) is 10.0 Å². The van der Waals surface area contributed by atoms with Crippen molar-refractivity contribution in [2.75, 3.05) is 0 Å². The van der Waals surface area contributed by atoms with Crippen molar-refractivity contribution < 1.29 is 8.42 Å². The van der Waals surface area contributed by atoms with Gasteiger partial charge in [0, 0.05) is 25.3 Å². The molecule has 1 heterocycles. The van der Waals surface area contributed by atoms with Crippen LogP contribution in [-0.2, 0) is 17.1 Å². The highest BCUT2D eigenvalue weighted by molar-refractivity contribution is 7.89. The molecule has 0 saturated heterocycles. The first-order valence-electron chi connectivity index (χ1n) is 9.04. The minimum atomic E-state index is -3.46. The maximum atomic E-state index is 13.4. The number of aryl methyl sites for hydroxylation is 2. The molecule has 3 rings (SSSR count). The Balaban J connectivity index is 1.97. The average molecular weight is 340 g/mol. The van der Waals surface area contributed by atoms with Crippen LogP contribution in [0.2, 0.25) is 0 Å². The molecular weight excluding hydrogens is 310 g/mol. The quantitative estimate of drug-likeness (QED) is 0.845. The Morgan fingerprint density at radius 2 is 1.48 bits per heavy atom. The van der Waals surface area contributed by atoms with Crippen LogP contribution < -0.4 is 0 Å². The predicted molar refractivity (Wildman–Crippen MR) is 90.7 cm³/mol. The molecular formula is C17H29N3O2S. The molecule has 6 heteroatoms. The molecule has 23 heavy (non-hydrogen) atoms. The van der Waals surface area contributed by atoms with Crippen molar-refractivity contribution in [3.05, 3.63) is 11.9 Å². The Hall–Kier alpha value is -0.880. The summed E-state index contributed by atoms with van der Waals surface area (Å²) in [7, 11) is -1.67. The molecule has 0 spiro atoms. The smallest absolute Gasteiger partial charge is 0.246 e. The molecule has 2 aliphatic rings. The average Bonchev–Trinajstić information content (AvgIpc) is 2.89. The second kappa shape index (κ2) is 6.93. The lowest BCUT2D eigenvalue weighted by Crippen LogP contribution is -2.48. The lowest BCUT2D eigenvalue weighted by Gasteiger charge is -2.40. The number of hydrogen-bond acceptors (Lipinski definition) is 3. The van der Waals surface area contributed by atoms with Crippen molar-refractivity contribution in [3.8, 4) is 0 Å². The van der Waals surface area contributed by atoms with E-state index < -0.39 is 10.0 Å². The van der Waals surface area contributed by atoms with E-state index in [0.717, 1.165) is 51.4 Å². The third-order valence-corrected chi connectivity index (χ3v) is 7.50. The summed E-state index contributed by atoms with van der Waals surface area (Å²) >= 11 is 0. The molecule has 0 radical (unpaired) electrons. The summed E-state index contributed by atoms with van der Waals surface area (Å²) in [5.41, 5.74) is 0.615. The van der Waals surface area contributed by atoms with E-state index in [1.807, 2.05) is 4.31 Å². The van der Waals surface area contributed by atoms with Crippen molar-refractivity contribution in [1.82, 2.24) is 14.1 Å². The Bertz CT molecular complexity index is 608. The number of aromatic nitrogens is 2.